The minimum absolute atomic E-state index is 0.00885. The summed E-state index contributed by atoms with van der Waals surface area (Å²) in [6, 6.07) is 13.6. The highest BCUT2D eigenvalue weighted by Gasteiger charge is 2.61. The molecule has 276 valence electrons. The van der Waals surface area contributed by atoms with Crippen molar-refractivity contribution in [1.82, 2.24) is 9.47 Å². The zero-order chi connectivity index (χ0) is 37.8. The number of benzene rings is 2. The molecule has 1 amide bonds. The number of ether oxygens (including phenoxy) is 3. The fraction of sp³-hybridized carbons (Fsp3) is 0.333. The van der Waals surface area contributed by atoms with Crippen molar-refractivity contribution in [3.8, 4) is 16.9 Å². The molecule has 0 bridgehead atoms. The van der Waals surface area contributed by atoms with Gasteiger partial charge in [0.05, 0.1) is 25.0 Å². The van der Waals surface area contributed by atoms with Gasteiger partial charge in [0.2, 0.25) is 5.91 Å². The van der Waals surface area contributed by atoms with Gasteiger partial charge in [-0.1, -0.05) is 62.9 Å². The van der Waals surface area contributed by atoms with Crippen LogP contribution in [-0.2, 0) is 58.3 Å². The van der Waals surface area contributed by atoms with Gasteiger partial charge in [0.15, 0.2) is 0 Å². The molecule has 2 aliphatic heterocycles. The Hall–Kier alpha value is -5.68. The quantitative estimate of drug-likeness (QED) is 0.0264. The van der Waals surface area contributed by atoms with Crippen molar-refractivity contribution in [3.63, 3.8) is 0 Å². The van der Waals surface area contributed by atoms with Gasteiger partial charge >= 0.3 is 17.9 Å². The summed E-state index contributed by atoms with van der Waals surface area (Å²) in [6.07, 6.45) is 11.3. The van der Waals surface area contributed by atoms with E-state index in [1.165, 1.54) is 35.8 Å². The summed E-state index contributed by atoms with van der Waals surface area (Å²) < 4.78 is 19.1. The number of esters is 2. The van der Waals surface area contributed by atoms with Gasteiger partial charge in [0, 0.05) is 42.6 Å². The molecule has 0 saturated carbocycles. The molecule has 6 rings (SSSR count). The number of hydrogen-bond acceptors (Lipinski definition) is 9. The molecule has 53 heavy (non-hydrogen) atoms. The summed E-state index contributed by atoms with van der Waals surface area (Å²) in [5.41, 5.74) is 7.26. The fourth-order valence-electron chi connectivity index (χ4n) is 7.59. The van der Waals surface area contributed by atoms with Gasteiger partial charge in [-0.05, 0) is 64.8 Å². The molecule has 1 aliphatic carbocycles. The molecule has 11 heteroatoms. The first-order chi connectivity index (χ1) is 25.6. The van der Waals surface area contributed by atoms with Gasteiger partial charge in [0.1, 0.15) is 31.3 Å². The lowest BCUT2D eigenvalue weighted by atomic mass is 9.74. The Morgan fingerprint density at radius 2 is 1.75 bits per heavy atom. The highest BCUT2D eigenvalue weighted by Crippen LogP contribution is 2.51. The van der Waals surface area contributed by atoms with Crippen LogP contribution < -0.4 is 4.74 Å². The van der Waals surface area contributed by atoms with Crippen molar-refractivity contribution < 1.29 is 43.2 Å². The number of methoxy groups -OCH3 is 1. The van der Waals surface area contributed by atoms with Gasteiger partial charge in [-0.3, -0.25) is 9.68 Å². The van der Waals surface area contributed by atoms with Crippen LogP contribution in [0.3, 0.4) is 0 Å². The Kier molecular flexibility index (Phi) is 11.1. The lowest BCUT2D eigenvalue weighted by Gasteiger charge is -2.47. The highest BCUT2D eigenvalue weighted by atomic mass is 17.2. The van der Waals surface area contributed by atoms with Crippen LogP contribution in [0, 0.1) is 17.8 Å². The molecule has 1 saturated heterocycles. The van der Waals surface area contributed by atoms with Crippen LogP contribution in [0.25, 0.3) is 16.7 Å². The Balaban J connectivity index is 1.28. The van der Waals surface area contributed by atoms with E-state index in [1.807, 2.05) is 42.9 Å². The number of aryl methyl sites for hydroxylation is 3. The largest absolute Gasteiger partial charge is 0.488 e. The molecule has 1 fully saturated rings. The zero-order valence-electron chi connectivity index (χ0n) is 30.5. The summed E-state index contributed by atoms with van der Waals surface area (Å²) in [5, 5.41) is 0. The molecule has 0 radical (unpaired) electrons. The predicted octanol–water partition coefficient (Wildman–Crippen LogP) is 5.92. The molecular weight excluding hydrogens is 676 g/mol. The van der Waals surface area contributed by atoms with E-state index in [-0.39, 0.29) is 37.3 Å². The summed E-state index contributed by atoms with van der Waals surface area (Å²) in [4.78, 5) is 63.6. The van der Waals surface area contributed by atoms with Gasteiger partial charge in [-0.15, -0.1) is 6.58 Å². The first-order valence-electron chi connectivity index (χ1n) is 17.7. The number of amides is 1. The van der Waals surface area contributed by atoms with Gasteiger partial charge in [-0.2, -0.15) is 4.89 Å². The predicted molar refractivity (Wildman–Crippen MR) is 197 cm³/mol. The van der Waals surface area contributed by atoms with Crippen molar-refractivity contribution in [3.05, 3.63) is 120 Å². The van der Waals surface area contributed by atoms with E-state index in [0.717, 1.165) is 52.7 Å². The van der Waals surface area contributed by atoms with Crippen LogP contribution in [-0.4, -0.2) is 66.3 Å². The van der Waals surface area contributed by atoms with Crippen LogP contribution in [0.5, 0.6) is 5.75 Å². The average Bonchev–Trinajstić information content (AvgIpc) is 3.79. The second-order valence-electron chi connectivity index (χ2n) is 13.5. The average molecular weight is 721 g/mol. The molecule has 11 nitrogen and oxygen atoms in total. The molecular formula is C42H44N2O9. The molecule has 1 aromatic heterocycles. The second-order valence-corrected chi connectivity index (χ2v) is 13.5. The molecule has 0 spiro atoms. The lowest BCUT2D eigenvalue weighted by Crippen LogP contribution is -2.63. The number of hydrogen-bond donors (Lipinski definition) is 0. The van der Waals surface area contributed by atoms with Crippen molar-refractivity contribution >= 4 is 29.4 Å². The molecule has 3 unspecified atom stereocenters. The lowest BCUT2D eigenvalue weighted by molar-refractivity contribution is -0.271. The van der Waals surface area contributed by atoms with E-state index in [4.69, 9.17) is 24.0 Å². The minimum Gasteiger partial charge on any atom is -0.488 e. The summed E-state index contributed by atoms with van der Waals surface area (Å²) in [7, 11) is 3.36. The molecule has 3 aliphatic rings. The van der Waals surface area contributed by atoms with Crippen LogP contribution in [0.4, 0.5) is 0 Å². The Morgan fingerprint density at radius 1 is 0.981 bits per heavy atom. The normalized spacial score (nSPS) is 19.5. The second kappa shape index (κ2) is 15.9. The topological polar surface area (TPSA) is 123 Å². The Labute approximate surface area is 309 Å². The van der Waals surface area contributed by atoms with Crippen LogP contribution >= 0.6 is 0 Å². The molecule has 0 N–H and O–H groups in total. The SMILES string of the molecule is C=CCOOC(=O)C(C)C1C(=O)N2C(C(=O)OCC=C)=C(COc3cccc4c3-c3ccc(CCCc5ccn(C)c5)cc3C4=CC(=O)OC)[C@H](C)C12. The maximum atomic E-state index is 13.6. The van der Waals surface area contributed by atoms with Crippen LogP contribution in [0.2, 0.25) is 0 Å². The summed E-state index contributed by atoms with van der Waals surface area (Å²) in [6.45, 7) is 10.6. The Morgan fingerprint density at radius 3 is 2.47 bits per heavy atom. The van der Waals surface area contributed by atoms with Crippen molar-refractivity contribution in [1.29, 1.82) is 0 Å². The fourth-order valence-corrected chi connectivity index (χ4v) is 7.59. The van der Waals surface area contributed by atoms with Gasteiger partial charge < -0.3 is 23.7 Å². The van der Waals surface area contributed by atoms with Crippen molar-refractivity contribution in [2.75, 3.05) is 26.9 Å². The molecule has 4 atom stereocenters. The number of β-lactam (4-membered cyclic amide) rings is 1. The van der Waals surface area contributed by atoms with E-state index < -0.39 is 35.8 Å². The monoisotopic (exact) mass is 720 g/mol. The summed E-state index contributed by atoms with van der Waals surface area (Å²) in [5.74, 6) is -3.62. The number of fused-ring (bicyclic) bond motifs is 4. The number of nitrogens with zero attached hydrogens (tertiary/aromatic N) is 2. The third-order valence-corrected chi connectivity index (χ3v) is 10.2. The van der Waals surface area contributed by atoms with E-state index >= 15 is 0 Å². The van der Waals surface area contributed by atoms with Gasteiger partial charge in [-0.25, -0.2) is 14.4 Å². The van der Waals surface area contributed by atoms with E-state index in [2.05, 4.69) is 43.6 Å². The van der Waals surface area contributed by atoms with Crippen LogP contribution in [0.1, 0.15) is 42.5 Å². The Bertz CT molecular complexity index is 2020. The first kappa shape index (κ1) is 37.1. The maximum absolute atomic E-state index is 13.6. The van der Waals surface area contributed by atoms with Crippen molar-refractivity contribution in [2.24, 2.45) is 24.8 Å². The van der Waals surface area contributed by atoms with Crippen LogP contribution in [0.15, 0.2) is 97.5 Å². The first-order valence-corrected chi connectivity index (χ1v) is 17.7. The summed E-state index contributed by atoms with van der Waals surface area (Å²) >= 11 is 0. The molecule has 3 aromatic rings. The van der Waals surface area contributed by atoms with Crippen molar-refractivity contribution in [2.45, 2.75) is 39.2 Å². The van der Waals surface area contributed by atoms with E-state index in [0.29, 0.717) is 11.3 Å². The standard InChI is InChI=1S/C42H44N2O9/c1-7-19-50-42(48)39-33(25(3)38-36(40(46)44(38)39)26(4)41(47)53-52-20-8-2)24-51-34-14-10-13-29-32(22-35(45)49-6)31-21-27(15-16-30(31)37(29)34)11-9-12-28-17-18-43(5)23-28/h7-8,10,13-18,21-23,25-26,36,38H,1-2,9,11-12,19-20,24H2,3-6H3/t25-,26?,36?,38?/m0/s1. The number of carbonyl (C=O) groups excluding carboxylic acids is 4. The third-order valence-electron chi connectivity index (χ3n) is 10.2. The smallest absolute Gasteiger partial charge is 0.355 e. The number of aromatic nitrogens is 1. The maximum Gasteiger partial charge on any atom is 0.355 e. The highest BCUT2D eigenvalue weighted by molar-refractivity contribution is 6.08. The van der Waals surface area contributed by atoms with E-state index in [1.54, 1.807) is 6.92 Å². The minimum atomic E-state index is -0.834. The molecule has 3 heterocycles. The zero-order valence-corrected chi connectivity index (χ0v) is 30.5. The number of carbonyl (C=O) groups is 4. The molecule has 2 aromatic carbocycles. The number of rotatable bonds is 16. The third kappa shape index (κ3) is 7.21. The van der Waals surface area contributed by atoms with E-state index in [9.17, 15) is 19.2 Å². The van der Waals surface area contributed by atoms with Gasteiger partial charge in [0.25, 0.3) is 0 Å².